The van der Waals surface area contributed by atoms with Gasteiger partial charge in [-0.3, -0.25) is 0 Å². The van der Waals surface area contributed by atoms with Crippen molar-refractivity contribution in [2.75, 3.05) is 5.32 Å². The van der Waals surface area contributed by atoms with Gasteiger partial charge in [-0.25, -0.2) is 0 Å². The SMILES string of the molecule is Cc1ccc(CNc2cccc3n[se]nc23)cc1. The van der Waals surface area contributed by atoms with Gasteiger partial charge in [0.05, 0.1) is 0 Å². The van der Waals surface area contributed by atoms with Crippen LogP contribution in [0.3, 0.4) is 0 Å². The quantitative estimate of drug-likeness (QED) is 0.756. The van der Waals surface area contributed by atoms with Crippen molar-refractivity contribution >= 4 is 31.7 Å². The summed E-state index contributed by atoms with van der Waals surface area (Å²) in [7, 11) is 0. The first kappa shape index (κ1) is 11.4. The third-order valence-electron chi connectivity index (χ3n) is 2.89. The van der Waals surface area contributed by atoms with Gasteiger partial charge < -0.3 is 0 Å². The second-order valence-electron chi connectivity index (χ2n) is 4.28. The first-order chi connectivity index (χ1) is 8.83. The van der Waals surface area contributed by atoms with Crippen LogP contribution in [0.4, 0.5) is 5.69 Å². The van der Waals surface area contributed by atoms with Gasteiger partial charge in [-0.2, -0.15) is 0 Å². The van der Waals surface area contributed by atoms with E-state index in [1.165, 1.54) is 11.1 Å². The summed E-state index contributed by atoms with van der Waals surface area (Å²) in [6.45, 7) is 2.92. The summed E-state index contributed by atoms with van der Waals surface area (Å²) in [6, 6.07) is 14.7. The fraction of sp³-hybridized carbons (Fsp3) is 0.143. The van der Waals surface area contributed by atoms with Gasteiger partial charge in [0.1, 0.15) is 0 Å². The van der Waals surface area contributed by atoms with E-state index in [0.29, 0.717) is 0 Å². The van der Waals surface area contributed by atoms with Crippen molar-refractivity contribution < 1.29 is 0 Å². The van der Waals surface area contributed by atoms with Gasteiger partial charge in [0, 0.05) is 0 Å². The van der Waals surface area contributed by atoms with Crippen molar-refractivity contribution in [1.82, 2.24) is 7.96 Å². The Morgan fingerprint density at radius 1 is 1.06 bits per heavy atom. The van der Waals surface area contributed by atoms with Crippen LogP contribution in [0, 0.1) is 6.92 Å². The second kappa shape index (κ2) is 4.92. The Kier molecular flexibility index (Phi) is 3.13. The Hall–Kier alpha value is -1.64. The molecule has 2 aromatic carbocycles. The molecule has 3 rings (SSSR count). The molecule has 1 heterocycles. The molecule has 0 amide bonds. The molecule has 0 saturated heterocycles. The molecule has 0 radical (unpaired) electrons. The van der Waals surface area contributed by atoms with E-state index in [4.69, 9.17) is 0 Å². The van der Waals surface area contributed by atoms with Crippen molar-refractivity contribution in [2.45, 2.75) is 13.5 Å². The molecule has 0 aliphatic heterocycles. The molecule has 0 fully saturated rings. The number of aromatic nitrogens is 2. The summed E-state index contributed by atoms with van der Waals surface area (Å²) in [5, 5.41) is 3.44. The molecule has 0 saturated carbocycles. The molecule has 0 aliphatic carbocycles. The molecule has 3 aromatic rings. The van der Waals surface area contributed by atoms with E-state index in [0.717, 1.165) is 23.3 Å². The van der Waals surface area contributed by atoms with E-state index in [1.807, 2.05) is 12.1 Å². The van der Waals surface area contributed by atoms with Gasteiger partial charge in [-0.05, 0) is 0 Å². The third kappa shape index (κ3) is 2.30. The average molecular weight is 302 g/mol. The van der Waals surface area contributed by atoms with E-state index >= 15 is 0 Å². The van der Waals surface area contributed by atoms with Gasteiger partial charge in [-0.15, -0.1) is 0 Å². The molecule has 0 aliphatic rings. The number of nitrogens with one attached hydrogen (secondary N) is 1. The minimum absolute atomic E-state index is 0.0317. The Morgan fingerprint density at radius 2 is 1.89 bits per heavy atom. The molecule has 0 spiro atoms. The van der Waals surface area contributed by atoms with E-state index < -0.39 is 0 Å². The number of anilines is 1. The van der Waals surface area contributed by atoms with Crippen LogP contribution >= 0.6 is 0 Å². The van der Waals surface area contributed by atoms with E-state index in [2.05, 4.69) is 50.5 Å². The van der Waals surface area contributed by atoms with Gasteiger partial charge in [0.15, 0.2) is 0 Å². The van der Waals surface area contributed by atoms with Crippen molar-refractivity contribution in [3.05, 3.63) is 53.6 Å². The Bertz CT molecular complexity index is 658. The van der Waals surface area contributed by atoms with Gasteiger partial charge >= 0.3 is 112 Å². The zero-order valence-electron chi connectivity index (χ0n) is 10.1. The van der Waals surface area contributed by atoms with Crippen molar-refractivity contribution in [1.29, 1.82) is 0 Å². The minimum atomic E-state index is 0.0317. The molecular formula is C14H13N3Se. The topological polar surface area (TPSA) is 37.8 Å². The third-order valence-corrected chi connectivity index (χ3v) is 4.03. The molecule has 3 nitrogen and oxygen atoms in total. The molecule has 1 N–H and O–H groups in total. The van der Waals surface area contributed by atoms with Crippen LogP contribution in [0.2, 0.25) is 0 Å². The summed E-state index contributed by atoms with van der Waals surface area (Å²) in [6.07, 6.45) is 0. The Morgan fingerprint density at radius 3 is 2.72 bits per heavy atom. The zero-order chi connectivity index (χ0) is 12.4. The summed E-state index contributed by atoms with van der Waals surface area (Å²) < 4.78 is 8.84. The summed E-state index contributed by atoms with van der Waals surface area (Å²) in [5.41, 5.74) is 5.68. The molecule has 0 unspecified atom stereocenters. The fourth-order valence-electron chi connectivity index (χ4n) is 1.85. The molecule has 0 atom stereocenters. The standard InChI is InChI=1S/C14H13N3Se/c1-10-5-7-11(8-6-10)9-15-12-3-2-4-13-14(12)17-18-16-13/h2-8,15H,9H2,1H3. The molecular weight excluding hydrogens is 289 g/mol. The molecule has 1 aromatic heterocycles. The van der Waals surface area contributed by atoms with E-state index in [1.54, 1.807) is 0 Å². The van der Waals surface area contributed by atoms with Crippen LogP contribution in [0.25, 0.3) is 11.0 Å². The van der Waals surface area contributed by atoms with Crippen LogP contribution in [-0.2, 0) is 6.54 Å². The van der Waals surface area contributed by atoms with Crippen LogP contribution < -0.4 is 5.32 Å². The van der Waals surface area contributed by atoms with Gasteiger partial charge in [-0.1, -0.05) is 0 Å². The molecule has 0 bridgehead atoms. The second-order valence-corrected chi connectivity index (χ2v) is 5.39. The Labute approximate surface area is 112 Å². The molecule has 18 heavy (non-hydrogen) atoms. The molecule has 4 heteroatoms. The average Bonchev–Trinajstić information content (AvgIpc) is 2.87. The van der Waals surface area contributed by atoms with Crippen molar-refractivity contribution in [3.8, 4) is 0 Å². The number of rotatable bonds is 3. The maximum atomic E-state index is 4.46. The van der Waals surface area contributed by atoms with Gasteiger partial charge in [0.2, 0.25) is 0 Å². The number of benzene rings is 2. The first-order valence-electron chi connectivity index (χ1n) is 5.83. The van der Waals surface area contributed by atoms with Crippen molar-refractivity contribution in [3.63, 3.8) is 0 Å². The number of hydrogen-bond acceptors (Lipinski definition) is 3. The van der Waals surface area contributed by atoms with Crippen LogP contribution in [-0.4, -0.2) is 22.9 Å². The zero-order valence-corrected chi connectivity index (χ0v) is 11.8. The predicted octanol–water partition coefficient (Wildman–Crippen LogP) is 2.61. The maximum absolute atomic E-state index is 4.46. The van der Waals surface area contributed by atoms with Crippen LogP contribution in [0.5, 0.6) is 0 Å². The number of nitrogens with zero attached hydrogens (tertiary/aromatic N) is 2. The number of aryl methyl sites for hydroxylation is 1. The predicted molar refractivity (Wildman–Crippen MR) is 75.0 cm³/mol. The molecule has 90 valence electrons. The number of hydrogen-bond donors (Lipinski definition) is 1. The Balaban J connectivity index is 1.80. The van der Waals surface area contributed by atoms with E-state index in [9.17, 15) is 0 Å². The summed E-state index contributed by atoms with van der Waals surface area (Å²) >= 11 is 0.0317. The summed E-state index contributed by atoms with van der Waals surface area (Å²) in [5.74, 6) is 0. The monoisotopic (exact) mass is 303 g/mol. The van der Waals surface area contributed by atoms with Crippen LogP contribution in [0.1, 0.15) is 11.1 Å². The normalized spacial score (nSPS) is 10.7. The van der Waals surface area contributed by atoms with Crippen LogP contribution in [0.15, 0.2) is 42.5 Å². The number of fused-ring (bicyclic) bond motifs is 1. The summed E-state index contributed by atoms with van der Waals surface area (Å²) in [4.78, 5) is 0. The van der Waals surface area contributed by atoms with Gasteiger partial charge in [0.25, 0.3) is 0 Å². The van der Waals surface area contributed by atoms with E-state index in [-0.39, 0.29) is 15.0 Å². The fourth-order valence-corrected chi connectivity index (χ4v) is 3.01. The first-order valence-corrected chi connectivity index (χ1v) is 7.37. The van der Waals surface area contributed by atoms with Crippen molar-refractivity contribution in [2.24, 2.45) is 0 Å².